The Balaban J connectivity index is 1.76. The number of hydrogen-bond donors (Lipinski definition) is 6. The fourth-order valence-corrected chi connectivity index (χ4v) is 4.38. The first kappa shape index (κ1) is 27.4. The maximum atomic E-state index is 13.3. The molecule has 3 aromatic carbocycles. The highest BCUT2D eigenvalue weighted by atomic mass is 16.3. The molecule has 194 valence electrons. The van der Waals surface area contributed by atoms with Crippen LogP contribution in [-0.2, 0) is 29.0 Å². The molecule has 0 saturated heterocycles. The van der Waals surface area contributed by atoms with E-state index < -0.39 is 17.4 Å². The minimum absolute atomic E-state index is 0.0225. The van der Waals surface area contributed by atoms with Crippen LogP contribution in [0.2, 0.25) is 0 Å². The molecule has 0 spiro atoms. The Morgan fingerprint density at radius 2 is 1.59 bits per heavy atom. The average Bonchev–Trinajstić information content (AvgIpc) is 2.89. The standard InChI is InChI=1S/C29H35N5O3/c1-20(27(36)33-19-23-10-12-24(13-11-23)26(30)31)29(28(32)37,16-14-21-6-3-2-4-7-21)34-17-15-22-8-5-9-25(35)18-22/h2-13,18,20,34-35H,14-17,19H2,1H3,(H3,30,31)(H2,32,37)(H,33,36)/t20-,29?/m1/s1. The summed E-state index contributed by atoms with van der Waals surface area (Å²) in [5.74, 6) is -1.49. The summed E-state index contributed by atoms with van der Waals surface area (Å²) in [5.41, 5.74) is 13.6. The smallest absolute Gasteiger partial charge is 0.238 e. The van der Waals surface area contributed by atoms with E-state index in [1.165, 1.54) is 0 Å². The summed E-state index contributed by atoms with van der Waals surface area (Å²) in [6, 6.07) is 23.7. The Hall–Kier alpha value is -4.17. The zero-order valence-electron chi connectivity index (χ0n) is 21.0. The predicted molar refractivity (Wildman–Crippen MR) is 145 cm³/mol. The molecule has 2 atom stereocenters. The third-order valence-electron chi connectivity index (χ3n) is 6.72. The van der Waals surface area contributed by atoms with Crippen molar-refractivity contribution in [3.8, 4) is 5.75 Å². The first-order chi connectivity index (χ1) is 17.7. The van der Waals surface area contributed by atoms with Crippen LogP contribution in [0.15, 0.2) is 78.9 Å². The summed E-state index contributed by atoms with van der Waals surface area (Å²) in [5, 5.41) is 23.5. The molecular weight excluding hydrogens is 466 g/mol. The second kappa shape index (κ2) is 12.7. The van der Waals surface area contributed by atoms with Crippen molar-refractivity contribution in [2.75, 3.05) is 6.54 Å². The zero-order valence-corrected chi connectivity index (χ0v) is 21.0. The van der Waals surface area contributed by atoms with Gasteiger partial charge < -0.3 is 27.2 Å². The maximum absolute atomic E-state index is 13.3. The number of benzene rings is 3. The normalized spacial score (nSPS) is 13.3. The number of nitrogens with two attached hydrogens (primary N) is 2. The van der Waals surface area contributed by atoms with Gasteiger partial charge in [0.25, 0.3) is 0 Å². The monoisotopic (exact) mass is 501 g/mol. The first-order valence-corrected chi connectivity index (χ1v) is 12.3. The van der Waals surface area contributed by atoms with E-state index in [1.807, 2.05) is 36.4 Å². The van der Waals surface area contributed by atoms with Crippen molar-refractivity contribution in [2.45, 2.75) is 38.3 Å². The number of amidine groups is 1. The van der Waals surface area contributed by atoms with Crippen LogP contribution in [0.1, 0.15) is 35.6 Å². The van der Waals surface area contributed by atoms with Crippen molar-refractivity contribution in [2.24, 2.45) is 17.4 Å². The number of primary amides is 1. The molecule has 1 unspecified atom stereocenters. The largest absolute Gasteiger partial charge is 0.508 e. The number of phenolic OH excluding ortho intramolecular Hbond substituents is 1. The number of aromatic hydroxyl groups is 1. The third-order valence-corrected chi connectivity index (χ3v) is 6.72. The lowest BCUT2D eigenvalue weighted by Crippen LogP contribution is -2.63. The van der Waals surface area contributed by atoms with Crippen molar-refractivity contribution < 1.29 is 14.7 Å². The SMILES string of the molecule is C[C@H](C(=O)NCc1ccc(C(=N)N)cc1)C(CCc1ccccc1)(NCCc1cccc(O)c1)C(N)=O. The van der Waals surface area contributed by atoms with Gasteiger partial charge in [-0.2, -0.15) is 0 Å². The van der Waals surface area contributed by atoms with E-state index in [-0.39, 0.29) is 24.0 Å². The van der Waals surface area contributed by atoms with Gasteiger partial charge in [-0.15, -0.1) is 0 Å². The predicted octanol–water partition coefficient (Wildman–Crippen LogP) is 2.62. The Morgan fingerprint density at radius 1 is 0.919 bits per heavy atom. The number of nitrogens with one attached hydrogen (secondary N) is 3. The molecule has 3 rings (SSSR count). The lowest BCUT2D eigenvalue weighted by atomic mass is 9.78. The van der Waals surface area contributed by atoms with Gasteiger partial charge in [0.05, 0.1) is 5.92 Å². The summed E-state index contributed by atoms with van der Waals surface area (Å²) in [4.78, 5) is 26.3. The summed E-state index contributed by atoms with van der Waals surface area (Å²) in [7, 11) is 0. The number of aryl methyl sites for hydroxylation is 1. The fraction of sp³-hybridized carbons (Fsp3) is 0.276. The highest BCUT2D eigenvalue weighted by Crippen LogP contribution is 2.25. The van der Waals surface area contributed by atoms with Gasteiger partial charge in [0, 0.05) is 18.7 Å². The molecule has 0 fully saturated rings. The maximum Gasteiger partial charge on any atom is 0.238 e. The molecule has 0 bridgehead atoms. The van der Waals surface area contributed by atoms with Crippen molar-refractivity contribution >= 4 is 17.6 Å². The molecule has 37 heavy (non-hydrogen) atoms. The van der Waals surface area contributed by atoms with Crippen LogP contribution in [0, 0.1) is 11.3 Å². The van der Waals surface area contributed by atoms with Crippen LogP contribution in [0.5, 0.6) is 5.75 Å². The Bertz CT molecular complexity index is 1210. The lowest BCUT2D eigenvalue weighted by molar-refractivity contribution is -0.136. The Morgan fingerprint density at radius 3 is 2.22 bits per heavy atom. The third kappa shape index (κ3) is 7.41. The minimum Gasteiger partial charge on any atom is -0.508 e. The number of nitrogen functional groups attached to an aromatic ring is 1. The highest BCUT2D eigenvalue weighted by molar-refractivity contribution is 5.95. The quantitative estimate of drug-likeness (QED) is 0.157. The molecule has 8 N–H and O–H groups in total. The van der Waals surface area contributed by atoms with Crippen molar-refractivity contribution in [3.63, 3.8) is 0 Å². The minimum atomic E-state index is -1.28. The van der Waals surface area contributed by atoms with E-state index in [1.54, 1.807) is 49.4 Å². The molecule has 8 heteroatoms. The molecule has 0 heterocycles. The van der Waals surface area contributed by atoms with Crippen LogP contribution >= 0.6 is 0 Å². The number of amides is 2. The van der Waals surface area contributed by atoms with Gasteiger partial charge in [0.15, 0.2) is 0 Å². The first-order valence-electron chi connectivity index (χ1n) is 12.3. The van der Waals surface area contributed by atoms with Crippen LogP contribution < -0.4 is 22.1 Å². The molecule has 3 aromatic rings. The number of carbonyl (C=O) groups is 2. The van der Waals surface area contributed by atoms with Gasteiger partial charge in [0.2, 0.25) is 11.8 Å². The average molecular weight is 502 g/mol. The van der Waals surface area contributed by atoms with E-state index in [9.17, 15) is 14.7 Å². The Kier molecular flexibility index (Phi) is 9.40. The topological polar surface area (TPSA) is 154 Å². The van der Waals surface area contributed by atoms with Crippen molar-refractivity contribution in [1.29, 1.82) is 5.41 Å². The van der Waals surface area contributed by atoms with Gasteiger partial charge in [-0.05, 0) is 48.1 Å². The molecule has 0 aromatic heterocycles. The molecule has 0 saturated carbocycles. The number of rotatable bonds is 13. The molecule has 0 aliphatic rings. The van der Waals surface area contributed by atoms with E-state index >= 15 is 0 Å². The molecule has 2 amide bonds. The summed E-state index contributed by atoms with van der Waals surface area (Å²) >= 11 is 0. The number of phenols is 1. The van der Waals surface area contributed by atoms with Crippen LogP contribution in [-0.4, -0.2) is 34.8 Å². The van der Waals surface area contributed by atoms with Crippen molar-refractivity contribution in [3.05, 3.63) is 101 Å². The molecule has 8 nitrogen and oxygen atoms in total. The molecule has 0 radical (unpaired) electrons. The summed E-state index contributed by atoms with van der Waals surface area (Å²) in [6.07, 6.45) is 1.45. The van der Waals surface area contributed by atoms with Crippen LogP contribution in [0.4, 0.5) is 0 Å². The fourth-order valence-electron chi connectivity index (χ4n) is 4.38. The molecular formula is C29H35N5O3. The van der Waals surface area contributed by atoms with Gasteiger partial charge in [-0.3, -0.25) is 15.0 Å². The zero-order chi connectivity index (χ0) is 26.8. The van der Waals surface area contributed by atoms with Gasteiger partial charge in [-0.25, -0.2) is 0 Å². The second-order valence-corrected chi connectivity index (χ2v) is 9.22. The number of hydrogen-bond acceptors (Lipinski definition) is 5. The highest BCUT2D eigenvalue weighted by Gasteiger charge is 2.44. The van der Waals surface area contributed by atoms with Crippen molar-refractivity contribution in [1.82, 2.24) is 10.6 Å². The lowest BCUT2D eigenvalue weighted by Gasteiger charge is -2.37. The van der Waals surface area contributed by atoms with Crippen LogP contribution in [0.25, 0.3) is 0 Å². The number of carbonyl (C=O) groups excluding carboxylic acids is 2. The van der Waals surface area contributed by atoms with E-state index in [4.69, 9.17) is 16.9 Å². The Labute approximate surface area is 217 Å². The van der Waals surface area contributed by atoms with Crippen LogP contribution in [0.3, 0.4) is 0 Å². The summed E-state index contributed by atoms with van der Waals surface area (Å²) < 4.78 is 0. The van der Waals surface area contributed by atoms with Gasteiger partial charge in [-0.1, -0.05) is 73.7 Å². The van der Waals surface area contributed by atoms with E-state index in [2.05, 4.69) is 10.6 Å². The van der Waals surface area contributed by atoms with Gasteiger partial charge >= 0.3 is 0 Å². The van der Waals surface area contributed by atoms with Gasteiger partial charge in [0.1, 0.15) is 17.1 Å². The summed E-state index contributed by atoms with van der Waals surface area (Å²) in [6.45, 7) is 2.37. The van der Waals surface area contributed by atoms with E-state index in [0.717, 1.165) is 16.7 Å². The molecule has 0 aliphatic heterocycles. The molecule has 0 aliphatic carbocycles. The second-order valence-electron chi connectivity index (χ2n) is 9.22. The van der Waals surface area contributed by atoms with E-state index in [0.29, 0.717) is 31.4 Å².